The van der Waals surface area contributed by atoms with Crippen molar-refractivity contribution in [2.45, 2.75) is 0 Å². The van der Waals surface area contributed by atoms with Crippen molar-refractivity contribution < 1.29 is 0 Å². The second-order valence-electron chi connectivity index (χ2n) is 0.716. The first-order valence-corrected chi connectivity index (χ1v) is 2.29. The number of nitrogens with zero attached hydrogens (tertiary/aromatic N) is 2. The summed E-state index contributed by atoms with van der Waals surface area (Å²) in [6.45, 7) is 0. The van der Waals surface area contributed by atoms with E-state index in [0.717, 1.165) is 0 Å². The van der Waals surface area contributed by atoms with E-state index in [1.807, 2.05) is 0 Å². The summed E-state index contributed by atoms with van der Waals surface area (Å²) in [6, 6.07) is 0. The minimum Gasteiger partial charge on any atom is -0.143 e. The lowest BCUT2D eigenvalue weighted by atomic mass is 10.9. The Balaban J connectivity index is 2.78. The van der Waals surface area contributed by atoms with Crippen LogP contribution < -0.4 is 0 Å². The van der Waals surface area contributed by atoms with Crippen LogP contribution in [0.25, 0.3) is 0 Å². The number of hydrogen-bond donors (Lipinski definition) is 0. The summed E-state index contributed by atoms with van der Waals surface area (Å²) in [6.07, 6.45) is 1.52. The van der Waals surface area contributed by atoms with Gasteiger partial charge in [0.1, 0.15) is 0 Å². The molecule has 0 saturated carbocycles. The van der Waals surface area contributed by atoms with E-state index >= 15 is 0 Å². The van der Waals surface area contributed by atoms with Crippen molar-refractivity contribution >= 4 is 11.9 Å². The topological polar surface area (TPSA) is 24.7 Å². The Morgan fingerprint density at radius 2 is 2.67 bits per heavy atom. The lowest BCUT2D eigenvalue weighted by molar-refractivity contribution is 1.34. The molecular weight excluding hydrogens is 96.1 g/mol. The molecule has 0 aliphatic carbocycles. The van der Waals surface area contributed by atoms with Crippen molar-refractivity contribution in [1.29, 1.82) is 0 Å². The Morgan fingerprint density at radius 1 is 1.67 bits per heavy atom. The fourth-order valence-electron chi connectivity index (χ4n) is 0.169. The molecule has 6 heavy (non-hydrogen) atoms. The Bertz CT molecular complexity index is 121. The van der Waals surface area contributed by atoms with E-state index in [-0.39, 0.29) is 0 Å². The first kappa shape index (κ1) is 3.65. The van der Waals surface area contributed by atoms with Gasteiger partial charge in [-0.2, -0.15) is 0 Å². The molecule has 1 aliphatic heterocycles. The SMILES string of the molecule is C1=CN=NSC=1. The summed E-state index contributed by atoms with van der Waals surface area (Å²) in [5.41, 5.74) is 2.74. The highest BCUT2D eigenvalue weighted by Crippen LogP contribution is 2.05. The molecule has 3 heteroatoms. The zero-order valence-electron chi connectivity index (χ0n) is 2.96. The molecule has 30 valence electrons. The molecule has 0 aromatic heterocycles. The van der Waals surface area contributed by atoms with Crippen molar-refractivity contribution in [1.82, 2.24) is 0 Å². The summed E-state index contributed by atoms with van der Waals surface area (Å²) in [7, 11) is 0. The molecule has 1 rings (SSSR count). The molecule has 0 atom stereocenters. The van der Waals surface area contributed by atoms with Crippen molar-refractivity contribution in [3.05, 3.63) is 17.3 Å². The lowest BCUT2D eigenvalue weighted by Crippen LogP contribution is -1.47. The lowest BCUT2D eigenvalue weighted by Gasteiger charge is -1.76. The first-order valence-electron chi connectivity index (χ1n) is 1.45. The van der Waals surface area contributed by atoms with E-state index in [0.29, 0.717) is 0 Å². The van der Waals surface area contributed by atoms with Crippen LogP contribution >= 0.6 is 11.9 Å². The quantitative estimate of drug-likeness (QED) is 0.334. The van der Waals surface area contributed by atoms with Gasteiger partial charge in [0.05, 0.1) is 6.20 Å². The van der Waals surface area contributed by atoms with Crippen molar-refractivity contribution in [3.8, 4) is 0 Å². The molecule has 0 saturated heterocycles. The summed E-state index contributed by atoms with van der Waals surface area (Å²) in [5.74, 6) is 0. The maximum absolute atomic E-state index is 3.55. The molecule has 1 aliphatic rings. The standard InChI is InChI=1S/C3H2N2S/c1-2-4-5-6-3-1/h2-3H. The molecule has 0 fully saturated rings. The predicted octanol–water partition coefficient (Wildman–Crippen LogP) is 1.73. The predicted molar refractivity (Wildman–Crippen MR) is 25.1 cm³/mol. The Labute approximate surface area is 39.8 Å². The van der Waals surface area contributed by atoms with Gasteiger partial charge in [-0.1, -0.05) is 5.73 Å². The van der Waals surface area contributed by atoms with Crippen LogP contribution in [-0.2, 0) is 0 Å². The van der Waals surface area contributed by atoms with Crippen LogP contribution in [0.3, 0.4) is 0 Å². The van der Waals surface area contributed by atoms with Gasteiger partial charge in [0, 0.05) is 17.4 Å². The second-order valence-corrected chi connectivity index (χ2v) is 1.33. The fraction of sp³-hybridized carbons (Fsp3) is 0. The van der Waals surface area contributed by atoms with E-state index in [9.17, 15) is 0 Å². The van der Waals surface area contributed by atoms with E-state index in [1.54, 1.807) is 5.41 Å². The van der Waals surface area contributed by atoms with Gasteiger partial charge in [0.15, 0.2) is 0 Å². The van der Waals surface area contributed by atoms with Crippen LogP contribution in [0.4, 0.5) is 0 Å². The van der Waals surface area contributed by atoms with Gasteiger partial charge < -0.3 is 0 Å². The summed E-state index contributed by atoms with van der Waals surface area (Å²) in [5, 5.41) is 5.24. The third-order valence-electron chi connectivity index (χ3n) is 0.347. The largest absolute Gasteiger partial charge is 0.143 e. The first-order chi connectivity index (χ1) is 3.00. The van der Waals surface area contributed by atoms with Gasteiger partial charge in [0.25, 0.3) is 0 Å². The highest BCUT2D eigenvalue weighted by molar-refractivity contribution is 8.00. The molecule has 1 heterocycles. The van der Waals surface area contributed by atoms with Crippen LogP contribution in [0.15, 0.2) is 27.0 Å². The zero-order valence-corrected chi connectivity index (χ0v) is 3.77. The van der Waals surface area contributed by atoms with E-state index in [4.69, 9.17) is 0 Å². The molecule has 0 spiro atoms. The third-order valence-corrected chi connectivity index (χ3v) is 0.777. The minimum atomic E-state index is 1.29. The maximum Gasteiger partial charge on any atom is 0.0927 e. The zero-order chi connectivity index (χ0) is 4.24. The van der Waals surface area contributed by atoms with Gasteiger partial charge in [-0.05, 0) is 0 Å². The average Bonchev–Trinajstić information content (AvgIpc) is 1.72. The summed E-state index contributed by atoms with van der Waals surface area (Å²) < 4.78 is 3.55. The van der Waals surface area contributed by atoms with Gasteiger partial charge in [0.2, 0.25) is 0 Å². The van der Waals surface area contributed by atoms with Gasteiger partial charge in [-0.3, -0.25) is 0 Å². The molecule has 0 unspecified atom stereocenters. The Kier molecular flexibility index (Phi) is 1.10. The average molecular weight is 98.1 g/mol. The van der Waals surface area contributed by atoms with E-state index in [1.165, 1.54) is 18.1 Å². The van der Waals surface area contributed by atoms with Gasteiger partial charge >= 0.3 is 0 Å². The molecule has 0 bridgehead atoms. The second kappa shape index (κ2) is 1.80. The third kappa shape index (κ3) is 0.708. The van der Waals surface area contributed by atoms with E-state index in [2.05, 4.69) is 15.4 Å². The van der Waals surface area contributed by atoms with Crippen LogP contribution in [0.1, 0.15) is 0 Å². The Hall–Kier alpha value is -0.530. The summed E-state index contributed by atoms with van der Waals surface area (Å²) >= 11 is 1.29. The fourth-order valence-corrected chi connectivity index (χ4v) is 0.439. The van der Waals surface area contributed by atoms with Crippen LogP contribution in [0, 0.1) is 0 Å². The molecule has 2 nitrogen and oxygen atoms in total. The van der Waals surface area contributed by atoms with Gasteiger partial charge in [-0.25, -0.2) is 0 Å². The molecule has 0 amide bonds. The maximum atomic E-state index is 3.55. The van der Waals surface area contributed by atoms with Crippen molar-refractivity contribution in [3.63, 3.8) is 0 Å². The van der Waals surface area contributed by atoms with Crippen LogP contribution in [0.5, 0.6) is 0 Å². The highest BCUT2D eigenvalue weighted by Gasteiger charge is 1.71. The highest BCUT2D eigenvalue weighted by atomic mass is 32.2. The monoisotopic (exact) mass is 98.0 g/mol. The van der Waals surface area contributed by atoms with Crippen molar-refractivity contribution in [2.75, 3.05) is 0 Å². The Morgan fingerprint density at radius 3 is 2.83 bits per heavy atom. The molecule has 0 aromatic carbocycles. The van der Waals surface area contributed by atoms with Crippen molar-refractivity contribution in [2.24, 2.45) is 9.63 Å². The molecule has 0 radical (unpaired) electrons. The van der Waals surface area contributed by atoms with Crippen LogP contribution in [-0.4, -0.2) is 0 Å². The number of hydrogen-bond acceptors (Lipinski definition) is 3. The number of rotatable bonds is 0. The van der Waals surface area contributed by atoms with Gasteiger partial charge in [-0.15, -0.1) is 9.63 Å². The summed E-state index contributed by atoms with van der Waals surface area (Å²) in [4.78, 5) is 0. The molecule has 0 N–H and O–H groups in total. The smallest absolute Gasteiger partial charge is 0.0927 e. The van der Waals surface area contributed by atoms with Crippen LogP contribution in [0.2, 0.25) is 0 Å². The normalized spacial score (nSPS) is 16.0. The van der Waals surface area contributed by atoms with E-state index < -0.39 is 0 Å². The molecular formula is C3H2N2S. The minimum absolute atomic E-state index is 1.29. The molecule has 0 aromatic rings.